The van der Waals surface area contributed by atoms with Crippen molar-refractivity contribution in [2.24, 2.45) is 0 Å². The molecular formula is C14H20FN3O3. The van der Waals surface area contributed by atoms with Crippen molar-refractivity contribution in [1.82, 2.24) is 10.2 Å². The first-order chi connectivity index (χ1) is 9.86. The van der Waals surface area contributed by atoms with Gasteiger partial charge in [-0.1, -0.05) is 0 Å². The van der Waals surface area contributed by atoms with Crippen molar-refractivity contribution in [3.8, 4) is 0 Å². The zero-order chi connectivity index (χ0) is 16.0. The molecule has 116 valence electrons. The predicted octanol–water partition coefficient (Wildman–Crippen LogP) is 0.551. The van der Waals surface area contributed by atoms with Crippen LogP contribution in [0.3, 0.4) is 0 Å². The summed E-state index contributed by atoms with van der Waals surface area (Å²) < 4.78 is 18.8. The standard InChI is InChI=1S/C14H20FN3O3/c1-9-6-10(16)7-11(13(9)15)14(20)18(2)8-12(19)17-4-5-21-3/h6-7H,4-5,8,16H2,1-3H3,(H,17,19). The maximum atomic E-state index is 14.0. The molecule has 0 spiro atoms. The average Bonchev–Trinajstić information content (AvgIpc) is 2.42. The van der Waals surface area contributed by atoms with Crippen molar-refractivity contribution in [2.45, 2.75) is 6.92 Å². The van der Waals surface area contributed by atoms with Crippen molar-refractivity contribution in [3.05, 3.63) is 29.1 Å². The Balaban J connectivity index is 2.73. The Labute approximate surface area is 123 Å². The van der Waals surface area contributed by atoms with E-state index in [2.05, 4.69) is 5.32 Å². The molecule has 0 bridgehead atoms. The smallest absolute Gasteiger partial charge is 0.257 e. The quantitative estimate of drug-likeness (QED) is 0.593. The minimum Gasteiger partial charge on any atom is -0.399 e. The molecule has 6 nitrogen and oxygen atoms in total. The molecule has 0 unspecified atom stereocenters. The number of carbonyl (C=O) groups excluding carboxylic acids is 2. The second-order valence-electron chi connectivity index (χ2n) is 4.70. The van der Waals surface area contributed by atoms with Gasteiger partial charge in [0.2, 0.25) is 5.91 Å². The number of benzene rings is 1. The second kappa shape index (κ2) is 7.58. The van der Waals surface area contributed by atoms with Gasteiger partial charge in [-0.05, 0) is 24.6 Å². The number of hydrogen-bond acceptors (Lipinski definition) is 4. The Hall–Kier alpha value is -2.15. The van der Waals surface area contributed by atoms with Crippen LogP contribution >= 0.6 is 0 Å². The van der Waals surface area contributed by atoms with Gasteiger partial charge in [0.05, 0.1) is 18.7 Å². The molecule has 0 saturated carbocycles. The van der Waals surface area contributed by atoms with Crippen LogP contribution in [0.2, 0.25) is 0 Å². The van der Waals surface area contributed by atoms with Crippen molar-refractivity contribution in [3.63, 3.8) is 0 Å². The fourth-order valence-corrected chi connectivity index (χ4v) is 1.79. The van der Waals surface area contributed by atoms with Crippen LogP contribution in [-0.2, 0) is 9.53 Å². The van der Waals surface area contributed by atoms with E-state index < -0.39 is 11.7 Å². The maximum absolute atomic E-state index is 14.0. The van der Waals surface area contributed by atoms with Gasteiger partial charge >= 0.3 is 0 Å². The van der Waals surface area contributed by atoms with Crippen LogP contribution in [0.25, 0.3) is 0 Å². The molecule has 0 aliphatic heterocycles. The highest BCUT2D eigenvalue weighted by Crippen LogP contribution is 2.18. The third-order valence-corrected chi connectivity index (χ3v) is 2.86. The number of rotatable bonds is 6. The van der Waals surface area contributed by atoms with Gasteiger partial charge < -0.3 is 20.7 Å². The zero-order valence-corrected chi connectivity index (χ0v) is 12.4. The van der Waals surface area contributed by atoms with E-state index in [1.54, 1.807) is 0 Å². The summed E-state index contributed by atoms with van der Waals surface area (Å²) in [5.74, 6) is -1.56. The number of likely N-dealkylation sites (N-methyl/N-ethyl adjacent to an activating group) is 1. The van der Waals surface area contributed by atoms with E-state index in [-0.39, 0.29) is 23.6 Å². The monoisotopic (exact) mass is 297 g/mol. The lowest BCUT2D eigenvalue weighted by atomic mass is 10.1. The van der Waals surface area contributed by atoms with E-state index in [4.69, 9.17) is 10.5 Å². The first-order valence-corrected chi connectivity index (χ1v) is 6.43. The first-order valence-electron chi connectivity index (χ1n) is 6.43. The van der Waals surface area contributed by atoms with Gasteiger partial charge in [0.1, 0.15) is 5.82 Å². The molecule has 2 amide bonds. The molecule has 0 radical (unpaired) electrons. The summed E-state index contributed by atoms with van der Waals surface area (Å²) in [6.07, 6.45) is 0. The third-order valence-electron chi connectivity index (χ3n) is 2.86. The molecule has 0 aliphatic rings. The maximum Gasteiger partial charge on any atom is 0.257 e. The van der Waals surface area contributed by atoms with Crippen molar-refractivity contribution < 1.29 is 18.7 Å². The molecule has 21 heavy (non-hydrogen) atoms. The summed E-state index contributed by atoms with van der Waals surface area (Å²) in [5, 5.41) is 2.58. The number of anilines is 1. The molecule has 7 heteroatoms. The number of nitrogen functional groups attached to an aromatic ring is 1. The van der Waals surface area contributed by atoms with Gasteiger partial charge in [-0.15, -0.1) is 0 Å². The third kappa shape index (κ3) is 4.71. The van der Waals surface area contributed by atoms with E-state index in [9.17, 15) is 14.0 Å². The molecule has 0 fully saturated rings. The Morgan fingerprint density at radius 2 is 2.10 bits per heavy atom. The van der Waals surface area contributed by atoms with Crippen molar-refractivity contribution >= 4 is 17.5 Å². The normalized spacial score (nSPS) is 10.3. The molecule has 0 saturated heterocycles. The number of nitrogens with two attached hydrogens (primary N) is 1. The van der Waals surface area contributed by atoms with E-state index >= 15 is 0 Å². The predicted molar refractivity (Wildman–Crippen MR) is 77.4 cm³/mol. The largest absolute Gasteiger partial charge is 0.399 e. The zero-order valence-electron chi connectivity index (χ0n) is 12.4. The van der Waals surface area contributed by atoms with E-state index in [0.29, 0.717) is 18.8 Å². The second-order valence-corrected chi connectivity index (χ2v) is 4.70. The Morgan fingerprint density at radius 3 is 2.71 bits per heavy atom. The first kappa shape index (κ1) is 16.9. The van der Waals surface area contributed by atoms with Gasteiger partial charge in [0.15, 0.2) is 0 Å². The summed E-state index contributed by atoms with van der Waals surface area (Å²) >= 11 is 0. The minimum absolute atomic E-state index is 0.139. The molecule has 3 N–H and O–H groups in total. The lowest BCUT2D eigenvalue weighted by Crippen LogP contribution is -2.39. The number of halogens is 1. The van der Waals surface area contributed by atoms with E-state index in [0.717, 1.165) is 4.90 Å². The lowest BCUT2D eigenvalue weighted by Gasteiger charge is -2.18. The summed E-state index contributed by atoms with van der Waals surface area (Å²) in [5.41, 5.74) is 6.07. The van der Waals surface area contributed by atoms with Crippen LogP contribution in [0.1, 0.15) is 15.9 Å². The average molecular weight is 297 g/mol. The number of carbonyl (C=O) groups is 2. The fraction of sp³-hybridized carbons (Fsp3) is 0.429. The minimum atomic E-state index is -0.624. The van der Waals surface area contributed by atoms with E-state index in [1.165, 1.54) is 33.2 Å². The number of methoxy groups -OCH3 is 1. The summed E-state index contributed by atoms with van der Waals surface area (Å²) in [6.45, 7) is 2.09. The molecule has 1 aromatic carbocycles. The van der Waals surface area contributed by atoms with Gasteiger partial charge in [0, 0.05) is 26.4 Å². The highest BCUT2D eigenvalue weighted by Gasteiger charge is 2.20. The number of amides is 2. The Morgan fingerprint density at radius 1 is 1.43 bits per heavy atom. The van der Waals surface area contributed by atoms with Crippen molar-refractivity contribution in [2.75, 3.05) is 39.6 Å². The van der Waals surface area contributed by atoms with Crippen LogP contribution in [-0.4, -0.2) is 50.6 Å². The molecule has 0 atom stereocenters. The number of nitrogens with one attached hydrogen (secondary N) is 1. The topological polar surface area (TPSA) is 84.7 Å². The molecule has 1 rings (SSSR count). The van der Waals surface area contributed by atoms with Crippen LogP contribution < -0.4 is 11.1 Å². The van der Waals surface area contributed by atoms with E-state index in [1.807, 2.05) is 0 Å². The molecule has 0 aromatic heterocycles. The van der Waals surface area contributed by atoms with Gasteiger partial charge in [-0.3, -0.25) is 9.59 Å². The molecule has 0 heterocycles. The number of aryl methyl sites for hydroxylation is 1. The fourth-order valence-electron chi connectivity index (χ4n) is 1.79. The highest BCUT2D eigenvalue weighted by molar-refractivity contribution is 5.97. The summed E-state index contributed by atoms with van der Waals surface area (Å²) in [4.78, 5) is 24.9. The van der Waals surface area contributed by atoms with Gasteiger partial charge in [0.25, 0.3) is 5.91 Å². The van der Waals surface area contributed by atoms with Gasteiger partial charge in [-0.2, -0.15) is 0 Å². The van der Waals surface area contributed by atoms with Crippen LogP contribution in [0.15, 0.2) is 12.1 Å². The molecule has 1 aromatic rings. The Bertz CT molecular complexity index is 534. The highest BCUT2D eigenvalue weighted by atomic mass is 19.1. The van der Waals surface area contributed by atoms with Crippen LogP contribution in [0, 0.1) is 12.7 Å². The molecular weight excluding hydrogens is 277 g/mol. The SMILES string of the molecule is COCCNC(=O)CN(C)C(=O)c1cc(N)cc(C)c1F. The number of ether oxygens (including phenoxy) is 1. The lowest BCUT2D eigenvalue weighted by molar-refractivity contribution is -0.121. The van der Waals surface area contributed by atoms with Crippen LogP contribution in [0.5, 0.6) is 0 Å². The molecule has 0 aliphatic carbocycles. The number of hydrogen-bond donors (Lipinski definition) is 2. The van der Waals surface area contributed by atoms with Crippen molar-refractivity contribution in [1.29, 1.82) is 0 Å². The summed E-state index contributed by atoms with van der Waals surface area (Å²) in [7, 11) is 2.95. The van der Waals surface area contributed by atoms with Gasteiger partial charge in [-0.25, -0.2) is 4.39 Å². The summed E-state index contributed by atoms with van der Waals surface area (Å²) in [6, 6.07) is 2.72. The Kier molecular flexibility index (Phi) is 6.10. The van der Waals surface area contributed by atoms with Crippen LogP contribution in [0.4, 0.5) is 10.1 Å². The number of nitrogens with zero attached hydrogens (tertiary/aromatic N) is 1.